The Labute approximate surface area is 198 Å². The van der Waals surface area contributed by atoms with E-state index >= 15 is 0 Å². The number of ether oxygens (including phenoxy) is 1. The van der Waals surface area contributed by atoms with E-state index in [9.17, 15) is 4.79 Å². The molecule has 0 spiro atoms. The summed E-state index contributed by atoms with van der Waals surface area (Å²) in [4.78, 5) is 18.6. The predicted molar refractivity (Wildman–Crippen MR) is 134 cm³/mol. The van der Waals surface area contributed by atoms with Gasteiger partial charge in [0.15, 0.2) is 5.96 Å². The minimum absolute atomic E-state index is 0. The summed E-state index contributed by atoms with van der Waals surface area (Å²) in [5, 5.41) is 9.45. The number of hydrogen-bond acceptors (Lipinski definition) is 4. The van der Waals surface area contributed by atoms with Gasteiger partial charge in [-0.3, -0.25) is 4.79 Å². The Morgan fingerprint density at radius 2 is 1.73 bits per heavy atom. The van der Waals surface area contributed by atoms with Crippen LogP contribution in [0.3, 0.4) is 0 Å². The molecule has 0 bridgehead atoms. The van der Waals surface area contributed by atoms with Gasteiger partial charge in [0.25, 0.3) is 0 Å². The van der Waals surface area contributed by atoms with Gasteiger partial charge in [-0.2, -0.15) is 0 Å². The fraction of sp³-hybridized carbons (Fsp3) is 0.636. The van der Waals surface area contributed by atoms with E-state index in [1.807, 2.05) is 19.1 Å². The van der Waals surface area contributed by atoms with Crippen molar-refractivity contribution < 1.29 is 9.53 Å². The lowest BCUT2D eigenvalue weighted by Crippen LogP contribution is -2.41. The zero-order valence-corrected chi connectivity index (χ0v) is 20.9. The summed E-state index contributed by atoms with van der Waals surface area (Å²) in [5.41, 5.74) is 1.13. The molecule has 1 aromatic rings. The summed E-state index contributed by atoms with van der Waals surface area (Å²) in [6.45, 7) is 12.8. The number of amides is 1. The van der Waals surface area contributed by atoms with E-state index in [1.165, 1.54) is 0 Å². The topological polar surface area (TPSA) is 78.0 Å². The van der Waals surface area contributed by atoms with Crippen LogP contribution in [0.25, 0.3) is 0 Å². The summed E-state index contributed by atoms with van der Waals surface area (Å²) in [5.74, 6) is 2.07. The summed E-state index contributed by atoms with van der Waals surface area (Å²) in [7, 11) is 0. The minimum Gasteiger partial charge on any atom is -0.492 e. The van der Waals surface area contributed by atoms with Gasteiger partial charge in [0.05, 0.1) is 6.54 Å². The van der Waals surface area contributed by atoms with E-state index in [-0.39, 0.29) is 35.8 Å². The van der Waals surface area contributed by atoms with Crippen molar-refractivity contribution in [2.45, 2.75) is 40.2 Å². The van der Waals surface area contributed by atoms with Gasteiger partial charge in [-0.1, -0.05) is 26.0 Å². The summed E-state index contributed by atoms with van der Waals surface area (Å²) < 4.78 is 5.83. The number of carbonyl (C=O) groups excluding carboxylic acids is 1. The molecule has 0 aromatic heterocycles. The van der Waals surface area contributed by atoms with Crippen molar-refractivity contribution in [3.63, 3.8) is 0 Å². The number of likely N-dealkylation sites (N-methyl/N-ethyl adjacent to an activating group) is 1. The van der Waals surface area contributed by atoms with Gasteiger partial charge in [-0.25, -0.2) is 4.99 Å². The number of nitrogens with one attached hydrogen (secondary N) is 3. The first kappa shape index (κ1) is 26.5. The number of hydrogen-bond donors (Lipinski definition) is 3. The van der Waals surface area contributed by atoms with Crippen molar-refractivity contribution in [2.24, 2.45) is 10.9 Å². The SMILES string of the molecule is CCNC(=NCc1ccc(OCCN(CC)CC)cc1)NCCNC(=O)C1CC1.I. The Hall–Kier alpha value is -1.55. The van der Waals surface area contributed by atoms with Gasteiger partial charge in [0, 0.05) is 32.1 Å². The van der Waals surface area contributed by atoms with E-state index in [0.717, 1.165) is 56.3 Å². The number of nitrogens with zero attached hydrogens (tertiary/aromatic N) is 2. The third-order valence-electron chi connectivity index (χ3n) is 4.92. The zero-order valence-electron chi connectivity index (χ0n) is 18.6. The van der Waals surface area contributed by atoms with Crippen molar-refractivity contribution in [1.82, 2.24) is 20.9 Å². The van der Waals surface area contributed by atoms with E-state index in [0.29, 0.717) is 26.2 Å². The summed E-state index contributed by atoms with van der Waals surface area (Å²) in [6, 6.07) is 8.10. The molecule has 1 aliphatic carbocycles. The molecule has 30 heavy (non-hydrogen) atoms. The number of rotatable bonds is 13. The monoisotopic (exact) mass is 531 g/mol. The Bertz CT molecular complexity index is 631. The second kappa shape index (κ2) is 15.3. The van der Waals surface area contributed by atoms with Crippen molar-refractivity contribution in [2.75, 3.05) is 45.9 Å². The van der Waals surface area contributed by atoms with Crippen LogP contribution in [0, 0.1) is 5.92 Å². The van der Waals surface area contributed by atoms with Crippen LogP contribution in [-0.2, 0) is 11.3 Å². The molecule has 0 heterocycles. The van der Waals surface area contributed by atoms with Crippen LogP contribution in [0.1, 0.15) is 39.2 Å². The molecule has 3 N–H and O–H groups in total. The summed E-state index contributed by atoms with van der Waals surface area (Å²) in [6.07, 6.45) is 2.06. The van der Waals surface area contributed by atoms with Crippen LogP contribution in [0.5, 0.6) is 5.75 Å². The lowest BCUT2D eigenvalue weighted by atomic mass is 10.2. The van der Waals surface area contributed by atoms with Crippen LogP contribution in [0.4, 0.5) is 0 Å². The standard InChI is InChI=1S/C22H37N5O2.HI/c1-4-23-22(25-14-13-24-21(28)19-9-10-19)26-17-18-7-11-20(12-8-18)29-16-15-27(5-2)6-3;/h7-8,11-12,19H,4-6,9-10,13-17H2,1-3H3,(H,24,28)(H2,23,25,26);1H. The number of halogens is 1. The molecule has 7 nitrogen and oxygen atoms in total. The molecular weight excluding hydrogens is 493 g/mol. The number of aliphatic imine (C=N–C) groups is 1. The first-order valence-electron chi connectivity index (χ1n) is 10.9. The molecule has 2 rings (SSSR count). The third kappa shape index (κ3) is 10.5. The van der Waals surface area contributed by atoms with Gasteiger partial charge < -0.3 is 25.6 Å². The second-order valence-electron chi connectivity index (χ2n) is 7.21. The maximum Gasteiger partial charge on any atom is 0.223 e. The van der Waals surface area contributed by atoms with E-state index in [2.05, 4.69) is 51.8 Å². The number of benzene rings is 1. The lowest BCUT2D eigenvalue weighted by molar-refractivity contribution is -0.122. The largest absolute Gasteiger partial charge is 0.492 e. The third-order valence-corrected chi connectivity index (χ3v) is 4.92. The van der Waals surface area contributed by atoms with E-state index in [1.54, 1.807) is 0 Å². The van der Waals surface area contributed by atoms with Crippen LogP contribution < -0.4 is 20.7 Å². The minimum atomic E-state index is 0. The van der Waals surface area contributed by atoms with Gasteiger partial charge in [-0.05, 0) is 50.6 Å². The zero-order chi connectivity index (χ0) is 20.9. The molecule has 1 fully saturated rings. The highest BCUT2D eigenvalue weighted by Crippen LogP contribution is 2.28. The van der Waals surface area contributed by atoms with Crippen LogP contribution in [0.15, 0.2) is 29.3 Å². The molecule has 8 heteroatoms. The smallest absolute Gasteiger partial charge is 0.223 e. The molecule has 170 valence electrons. The Kier molecular flexibility index (Phi) is 13.5. The second-order valence-corrected chi connectivity index (χ2v) is 7.21. The molecule has 0 saturated heterocycles. The van der Waals surface area contributed by atoms with Crippen LogP contribution >= 0.6 is 24.0 Å². The van der Waals surface area contributed by atoms with Crippen molar-refractivity contribution in [1.29, 1.82) is 0 Å². The molecule has 1 amide bonds. The highest BCUT2D eigenvalue weighted by molar-refractivity contribution is 14.0. The maximum absolute atomic E-state index is 11.6. The molecule has 0 atom stereocenters. The molecule has 0 unspecified atom stereocenters. The Morgan fingerprint density at radius 1 is 1.07 bits per heavy atom. The van der Waals surface area contributed by atoms with Gasteiger partial charge in [0.2, 0.25) is 5.91 Å². The number of guanidine groups is 1. The predicted octanol–water partition coefficient (Wildman–Crippen LogP) is 2.61. The fourth-order valence-corrected chi connectivity index (χ4v) is 2.89. The molecule has 0 radical (unpaired) electrons. The van der Waals surface area contributed by atoms with E-state index in [4.69, 9.17) is 4.74 Å². The van der Waals surface area contributed by atoms with Crippen LogP contribution in [0.2, 0.25) is 0 Å². The first-order valence-corrected chi connectivity index (χ1v) is 10.9. The fourth-order valence-electron chi connectivity index (χ4n) is 2.89. The highest BCUT2D eigenvalue weighted by atomic mass is 127. The average Bonchev–Trinajstić information content (AvgIpc) is 3.58. The molecular formula is C22H38IN5O2. The normalized spacial score (nSPS) is 13.5. The average molecular weight is 531 g/mol. The van der Waals surface area contributed by atoms with Gasteiger partial charge >= 0.3 is 0 Å². The summed E-state index contributed by atoms with van der Waals surface area (Å²) >= 11 is 0. The Morgan fingerprint density at radius 3 is 2.33 bits per heavy atom. The van der Waals surface area contributed by atoms with Gasteiger partial charge in [-0.15, -0.1) is 24.0 Å². The molecule has 0 aliphatic heterocycles. The molecule has 1 aliphatic rings. The first-order chi connectivity index (χ1) is 14.2. The molecule has 1 aromatic carbocycles. The lowest BCUT2D eigenvalue weighted by Gasteiger charge is -2.18. The maximum atomic E-state index is 11.6. The van der Waals surface area contributed by atoms with Gasteiger partial charge in [0.1, 0.15) is 12.4 Å². The van der Waals surface area contributed by atoms with E-state index < -0.39 is 0 Å². The quantitative estimate of drug-likeness (QED) is 0.158. The van der Waals surface area contributed by atoms with Crippen molar-refractivity contribution >= 4 is 35.8 Å². The van der Waals surface area contributed by atoms with Crippen molar-refractivity contribution in [3.8, 4) is 5.75 Å². The van der Waals surface area contributed by atoms with Crippen molar-refractivity contribution in [3.05, 3.63) is 29.8 Å². The number of carbonyl (C=O) groups is 1. The Balaban J connectivity index is 0.00000450. The van der Waals surface area contributed by atoms with Crippen LogP contribution in [-0.4, -0.2) is 62.6 Å². The molecule has 1 saturated carbocycles. The highest BCUT2D eigenvalue weighted by Gasteiger charge is 2.28.